The Labute approximate surface area is 123 Å². The molecular weight excluding hydrogens is 272 g/mol. The Kier molecular flexibility index (Phi) is 4.47. The van der Waals surface area contributed by atoms with Crippen molar-refractivity contribution in [3.8, 4) is 5.75 Å². The van der Waals surface area contributed by atoms with Gasteiger partial charge in [-0.15, -0.1) is 0 Å². The smallest absolute Gasteiger partial charge is 0.251 e. The molecule has 0 spiro atoms. The van der Waals surface area contributed by atoms with Crippen LogP contribution < -0.4 is 10.5 Å². The van der Waals surface area contributed by atoms with Gasteiger partial charge in [-0.2, -0.15) is 0 Å². The van der Waals surface area contributed by atoms with E-state index in [9.17, 15) is 9.59 Å². The normalized spacial score (nSPS) is 21.9. The van der Waals surface area contributed by atoms with Crippen molar-refractivity contribution < 1.29 is 19.1 Å². The molecule has 1 fully saturated rings. The third kappa shape index (κ3) is 3.33. The standard InChI is InChI=1S/C15H20N2O4/c1-15(14(16)19)10-17(7-8-21-15)13(18)9-11-5-3-4-6-12(11)20-2/h3-6H,7-10H2,1-2H3,(H2,16,19)/t15-/m0/s1. The van der Waals surface area contributed by atoms with Crippen molar-refractivity contribution in [2.75, 3.05) is 26.8 Å². The monoisotopic (exact) mass is 292 g/mol. The van der Waals surface area contributed by atoms with Gasteiger partial charge in [0.1, 0.15) is 5.75 Å². The number of benzene rings is 1. The number of hydrogen-bond donors (Lipinski definition) is 1. The Morgan fingerprint density at radius 2 is 2.14 bits per heavy atom. The summed E-state index contributed by atoms with van der Waals surface area (Å²) in [4.78, 5) is 25.5. The molecule has 1 aliphatic heterocycles. The predicted molar refractivity (Wildman–Crippen MR) is 76.8 cm³/mol. The van der Waals surface area contributed by atoms with Crippen LogP contribution in [-0.2, 0) is 20.7 Å². The summed E-state index contributed by atoms with van der Waals surface area (Å²) in [5.74, 6) is 0.0457. The lowest BCUT2D eigenvalue weighted by Crippen LogP contribution is -2.58. The quantitative estimate of drug-likeness (QED) is 0.867. The number of carbonyl (C=O) groups excluding carboxylic acids is 2. The zero-order valence-corrected chi connectivity index (χ0v) is 12.3. The Morgan fingerprint density at radius 3 is 2.81 bits per heavy atom. The van der Waals surface area contributed by atoms with E-state index < -0.39 is 11.5 Å². The van der Waals surface area contributed by atoms with Gasteiger partial charge in [0.15, 0.2) is 5.60 Å². The van der Waals surface area contributed by atoms with Crippen LogP contribution in [0.4, 0.5) is 0 Å². The minimum Gasteiger partial charge on any atom is -0.496 e. The molecule has 1 aromatic rings. The van der Waals surface area contributed by atoms with Gasteiger partial charge in [0.25, 0.3) is 5.91 Å². The maximum absolute atomic E-state index is 12.4. The number of amides is 2. The van der Waals surface area contributed by atoms with Gasteiger partial charge >= 0.3 is 0 Å². The first-order chi connectivity index (χ1) is 9.96. The minimum atomic E-state index is -1.12. The van der Waals surface area contributed by atoms with Gasteiger partial charge < -0.3 is 20.1 Å². The van der Waals surface area contributed by atoms with Crippen molar-refractivity contribution in [1.82, 2.24) is 4.90 Å². The minimum absolute atomic E-state index is 0.0738. The highest BCUT2D eigenvalue weighted by molar-refractivity contribution is 5.85. The van der Waals surface area contributed by atoms with Gasteiger partial charge in [0.05, 0.1) is 26.7 Å². The molecule has 1 heterocycles. The van der Waals surface area contributed by atoms with E-state index >= 15 is 0 Å². The maximum atomic E-state index is 12.4. The summed E-state index contributed by atoms with van der Waals surface area (Å²) in [6.45, 7) is 2.54. The van der Waals surface area contributed by atoms with Crippen LogP contribution in [0.1, 0.15) is 12.5 Å². The Morgan fingerprint density at radius 1 is 1.43 bits per heavy atom. The van der Waals surface area contributed by atoms with E-state index in [1.165, 1.54) is 0 Å². The van der Waals surface area contributed by atoms with Crippen molar-refractivity contribution in [1.29, 1.82) is 0 Å². The number of primary amides is 1. The zero-order chi connectivity index (χ0) is 15.5. The molecule has 6 heteroatoms. The molecule has 0 bridgehead atoms. The van der Waals surface area contributed by atoms with Crippen molar-refractivity contribution in [2.24, 2.45) is 5.73 Å². The fourth-order valence-electron chi connectivity index (χ4n) is 2.36. The molecule has 0 saturated carbocycles. The number of carbonyl (C=O) groups is 2. The molecule has 2 rings (SSSR count). The fourth-order valence-corrected chi connectivity index (χ4v) is 2.36. The van der Waals surface area contributed by atoms with Crippen LogP contribution >= 0.6 is 0 Å². The van der Waals surface area contributed by atoms with Crippen molar-refractivity contribution in [3.63, 3.8) is 0 Å². The van der Waals surface area contributed by atoms with Crippen LogP contribution in [0.2, 0.25) is 0 Å². The van der Waals surface area contributed by atoms with Crippen molar-refractivity contribution in [2.45, 2.75) is 18.9 Å². The molecule has 6 nitrogen and oxygen atoms in total. The summed E-state index contributed by atoms with van der Waals surface area (Å²) >= 11 is 0. The molecule has 0 aromatic heterocycles. The molecule has 0 radical (unpaired) electrons. The number of ether oxygens (including phenoxy) is 2. The third-order valence-electron chi connectivity index (χ3n) is 3.68. The van der Waals surface area contributed by atoms with Crippen molar-refractivity contribution >= 4 is 11.8 Å². The van der Waals surface area contributed by atoms with E-state index in [-0.39, 0.29) is 18.9 Å². The molecule has 1 atom stereocenters. The first-order valence-electron chi connectivity index (χ1n) is 6.80. The Hall–Kier alpha value is -2.08. The molecule has 21 heavy (non-hydrogen) atoms. The average molecular weight is 292 g/mol. The van der Waals surface area contributed by atoms with Gasteiger partial charge in [0.2, 0.25) is 5.91 Å². The molecule has 0 unspecified atom stereocenters. The van der Waals surface area contributed by atoms with E-state index in [1.807, 2.05) is 24.3 Å². The predicted octanol–water partition coefficient (Wildman–Crippen LogP) is 0.341. The second kappa shape index (κ2) is 6.13. The highest BCUT2D eigenvalue weighted by Gasteiger charge is 2.39. The lowest BCUT2D eigenvalue weighted by atomic mass is 10.0. The first-order valence-corrected chi connectivity index (χ1v) is 6.80. The number of nitrogens with zero attached hydrogens (tertiary/aromatic N) is 1. The summed E-state index contributed by atoms with van der Waals surface area (Å²) in [7, 11) is 1.57. The largest absolute Gasteiger partial charge is 0.496 e. The topological polar surface area (TPSA) is 81.9 Å². The molecule has 1 aliphatic rings. The highest BCUT2D eigenvalue weighted by Crippen LogP contribution is 2.21. The van der Waals surface area contributed by atoms with Crippen molar-refractivity contribution in [3.05, 3.63) is 29.8 Å². The van der Waals surface area contributed by atoms with E-state index in [0.29, 0.717) is 18.9 Å². The van der Waals surface area contributed by atoms with Gasteiger partial charge in [0, 0.05) is 12.1 Å². The summed E-state index contributed by atoms with van der Waals surface area (Å²) in [6.07, 6.45) is 0.221. The fraction of sp³-hybridized carbons (Fsp3) is 0.467. The summed E-state index contributed by atoms with van der Waals surface area (Å²) < 4.78 is 10.7. The van der Waals surface area contributed by atoms with E-state index in [0.717, 1.165) is 5.56 Å². The molecule has 1 saturated heterocycles. The first kappa shape index (κ1) is 15.3. The second-order valence-electron chi connectivity index (χ2n) is 5.25. The molecule has 2 amide bonds. The lowest BCUT2D eigenvalue weighted by Gasteiger charge is -2.38. The summed E-state index contributed by atoms with van der Waals surface area (Å²) in [5, 5.41) is 0. The number of rotatable bonds is 4. The van der Waals surface area contributed by atoms with Crippen LogP contribution in [-0.4, -0.2) is 49.1 Å². The van der Waals surface area contributed by atoms with Gasteiger partial charge in [-0.1, -0.05) is 18.2 Å². The number of morpholine rings is 1. The third-order valence-corrected chi connectivity index (χ3v) is 3.68. The van der Waals surface area contributed by atoms with Crippen LogP contribution in [0.3, 0.4) is 0 Å². The Balaban J connectivity index is 2.08. The van der Waals surface area contributed by atoms with Crippen LogP contribution in [0.25, 0.3) is 0 Å². The number of nitrogens with two attached hydrogens (primary N) is 1. The molecule has 114 valence electrons. The second-order valence-corrected chi connectivity index (χ2v) is 5.25. The molecule has 2 N–H and O–H groups in total. The maximum Gasteiger partial charge on any atom is 0.251 e. The number of hydrogen-bond acceptors (Lipinski definition) is 4. The van der Waals surface area contributed by atoms with Gasteiger partial charge in [-0.3, -0.25) is 9.59 Å². The lowest BCUT2D eigenvalue weighted by molar-refractivity contribution is -0.160. The van der Waals surface area contributed by atoms with Gasteiger partial charge in [-0.25, -0.2) is 0 Å². The summed E-state index contributed by atoms with van der Waals surface area (Å²) in [5.41, 5.74) is 5.04. The Bertz CT molecular complexity index is 546. The summed E-state index contributed by atoms with van der Waals surface area (Å²) in [6, 6.07) is 7.38. The highest BCUT2D eigenvalue weighted by atomic mass is 16.5. The van der Waals surface area contributed by atoms with Crippen LogP contribution in [0.15, 0.2) is 24.3 Å². The van der Waals surface area contributed by atoms with Crippen LogP contribution in [0, 0.1) is 0 Å². The number of para-hydroxylation sites is 1. The number of methoxy groups -OCH3 is 1. The average Bonchev–Trinajstić information content (AvgIpc) is 2.47. The van der Waals surface area contributed by atoms with E-state index in [1.54, 1.807) is 18.9 Å². The molecule has 1 aromatic carbocycles. The molecule has 0 aliphatic carbocycles. The van der Waals surface area contributed by atoms with Crippen LogP contribution in [0.5, 0.6) is 5.75 Å². The van der Waals surface area contributed by atoms with E-state index in [2.05, 4.69) is 0 Å². The molecular formula is C15H20N2O4. The van der Waals surface area contributed by atoms with Gasteiger partial charge in [-0.05, 0) is 13.0 Å². The van der Waals surface area contributed by atoms with E-state index in [4.69, 9.17) is 15.2 Å². The SMILES string of the molecule is COc1ccccc1CC(=O)N1CCO[C@](C)(C(N)=O)C1. The zero-order valence-electron chi connectivity index (χ0n) is 12.3.